The Kier molecular flexibility index (Phi) is 3.68. The van der Waals surface area contributed by atoms with E-state index in [0.29, 0.717) is 6.42 Å². The molecule has 4 nitrogen and oxygen atoms in total. The van der Waals surface area contributed by atoms with Gasteiger partial charge in [-0.25, -0.2) is 0 Å². The summed E-state index contributed by atoms with van der Waals surface area (Å²) in [5.41, 5.74) is 4.11. The van der Waals surface area contributed by atoms with Crippen molar-refractivity contribution < 1.29 is 13.6 Å². The molecule has 0 aromatic heterocycles. The smallest absolute Gasteiger partial charge is 0.224 e. The van der Waals surface area contributed by atoms with Crippen LogP contribution in [0.25, 0.3) is 0 Å². The average molecular weight is 178 g/mol. The van der Waals surface area contributed by atoms with E-state index in [1.165, 1.54) is 0 Å². The standard InChI is InChI=1S/C6H13NO3S/c1-3-6(2,5(7)8)4-11(9)10/h3-4H2,1-2H3,(H2,7,8)(H,9,10)/p-1. The molecule has 0 aliphatic rings. The topological polar surface area (TPSA) is 83.2 Å². The summed E-state index contributed by atoms with van der Waals surface area (Å²) in [6, 6.07) is 0. The van der Waals surface area contributed by atoms with Gasteiger partial charge in [0.15, 0.2) is 0 Å². The summed E-state index contributed by atoms with van der Waals surface area (Å²) in [6.07, 6.45) is 0.441. The zero-order chi connectivity index (χ0) is 9.07. The van der Waals surface area contributed by atoms with Gasteiger partial charge in [-0.05, 0) is 13.3 Å². The lowest BCUT2D eigenvalue weighted by Crippen LogP contribution is -2.38. The molecule has 0 heterocycles. The summed E-state index contributed by atoms with van der Waals surface area (Å²) >= 11 is -2.21. The van der Waals surface area contributed by atoms with E-state index in [9.17, 15) is 13.6 Å². The van der Waals surface area contributed by atoms with Gasteiger partial charge in [0.1, 0.15) is 0 Å². The first kappa shape index (κ1) is 10.6. The maximum absolute atomic E-state index is 10.7. The van der Waals surface area contributed by atoms with Gasteiger partial charge in [-0.2, -0.15) is 0 Å². The lowest BCUT2D eigenvalue weighted by molar-refractivity contribution is -0.125. The molecule has 0 saturated carbocycles. The molecule has 0 rings (SSSR count). The molecule has 0 radical (unpaired) electrons. The minimum atomic E-state index is -2.21. The van der Waals surface area contributed by atoms with E-state index >= 15 is 0 Å². The van der Waals surface area contributed by atoms with E-state index in [-0.39, 0.29) is 5.75 Å². The van der Waals surface area contributed by atoms with Gasteiger partial charge in [-0.3, -0.25) is 9.00 Å². The second-order valence-electron chi connectivity index (χ2n) is 2.73. The molecule has 2 N–H and O–H groups in total. The van der Waals surface area contributed by atoms with Crippen LogP contribution in [0.15, 0.2) is 0 Å². The normalized spacial score (nSPS) is 18.8. The zero-order valence-corrected chi connectivity index (χ0v) is 7.44. The number of hydrogen-bond acceptors (Lipinski definition) is 3. The van der Waals surface area contributed by atoms with Crippen LogP contribution in [0.5, 0.6) is 0 Å². The Morgan fingerprint density at radius 3 is 2.27 bits per heavy atom. The minimum absolute atomic E-state index is 0.196. The molecule has 0 aliphatic carbocycles. The van der Waals surface area contributed by atoms with Gasteiger partial charge in [0, 0.05) is 5.75 Å². The highest BCUT2D eigenvalue weighted by Gasteiger charge is 2.28. The van der Waals surface area contributed by atoms with Crippen LogP contribution in [-0.2, 0) is 15.9 Å². The molecule has 0 saturated heterocycles. The van der Waals surface area contributed by atoms with E-state index in [4.69, 9.17) is 5.73 Å². The Bertz CT molecular complexity index is 183. The van der Waals surface area contributed by atoms with Crippen LogP contribution >= 0.6 is 0 Å². The second-order valence-corrected chi connectivity index (χ2v) is 3.62. The molecule has 66 valence electrons. The van der Waals surface area contributed by atoms with Crippen molar-refractivity contribution in [3.05, 3.63) is 0 Å². The van der Waals surface area contributed by atoms with Crippen LogP contribution in [0, 0.1) is 5.41 Å². The Balaban J connectivity index is 4.34. The maximum atomic E-state index is 10.7. The number of carbonyl (C=O) groups excluding carboxylic acids is 1. The van der Waals surface area contributed by atoms with Crippen LogP contribution in [-0.4, -0.2) is 20.4 Å². The molecule has 1 amide bonds. The maximum Gasteiger partial charge on any atom is 0.224 e. The Morgan fingerprint density at radius 2 is 2.18 bits per heavy atom. The fourth-order valence-electron chi connectivity index (χ4n) is 0.608. The summed E-state index contributed by atoms with van der Waals surface area (Å²) in [4.78, 5) is 10.7. The lowest BCUT2D eigenvalue weighted by atomic mass is 9.89. The van der Waals surface area contributed by atoms with Crippen molar-refractivity contribution in [1.29, 1.82) is 0 Å². The Morgan fingerprint density at radius 1 is 1.73 bits per heavy atom. The van der Waals surface area contributed by atoms with Crippen molar-refractivity contribution in [2.75, 3.05) is 5.75 Å². The van der Waals surface area contributed by atoms with E-state index in [0.717, 1.165) is 0 Å². The van der Waals surface area contributed by atoms with Gasteiger partial charge in [0.05, 0.1) is 5.41 Å². The van der Waals surface area contributed by atoms with Crippen molar-refractivity contribution in [3.8, 4) is 0 Å². The number of rotatable bonds is 4. The summed E-state index contributed by atoms with van der Waals surface area (Å²) in [5, 5.41) is 0. The molecule has 0 aromatic rings. The first-order valence-electron chi connectivity index (χ1n) is 3.28. The molecular weight excluding hydrogens is 166 g/mol. The van der Waals surface area contributed by atoms with Gasteiger partial charge in [0.25, 0.3) is 0 Å². The fourth-order valence-corrected chi connectivity index (χ4v) is 1.47. The zero-order valence-electron chi connectivity index (χ0n) is 6.62. The third-order valence-corrected chi connectivity index (χ3v) is 2.68. The fraction of sp³-hybridized carbons (Fsp3) is 0.833. The van der Waals surface area contributed by atoms with Crippen molar-refractivity contribution in [2.24, 2.45) is 11.1 Å². The van der Waals surface area contributed by atoms with Crippen molar-refractivity contribution in [1.82, 2.24) is 0 Å². The highest BCUT2D eigenvalue weighted by molar-refractivity contribution is 7.79. The van der Waals surface area contributed by atoms with Gasteiger partial charge < -0.3 is 10.3 Å². The van der Waals surface area contributed by atoms with Gasteiger partial charge in [-0.15, -0.1) is 0 Å². The van der Waals surface area contributed by atoms with E-state index in [2.05, 4.69) is 0 Å². The highest BCUT2D eigenvalue weighted by Crippen LogP contribution is 2.20. The molecule has 11 heavy (non-hydrogen) atoms. The average Bonchev–Trinajstić information content (AvgIpc) is 1.86. The van der Waals surface area contributed by atoms with Crippen LogP contribution in [0.4, 0.5) is 0 Å². The van der Waals surface area contributed by atoms with Crippen molar-refractivity contribution in [2.45, 2.75) is 20.3 Å². The van der Waals surface area contributed by atoms with Crippen LogP contribution in [0.2, 0.25) is 0 Å². The monoisotopic (exact) mass is 178 g/mol. The summed E-state index contributed by atoms with van der Waals surface area (Å²) in [6.45, 7) is 3.28. The van der Waals surface area contributed by atoms with Gasteiger partial charge in [0.2, 0.25) is 5.91 Å². The molecule has 0 fully saturated rings. The molecule has 0 spiro atoms. The van der Waals surface area contributed by atoms with Gasteiger partial charge in [-0.1, -0.05) is 18.0 Å². The quantitative estimate of drug-likeness (QED) is 0.603. The molecule has 0 bridgehead atoms. The van der Waals surface area contributed by atoms with Gasteiger partial charge >= 0.3 is 0 Å². The van der Waals surface area contributed by atoms with Crippen LogP contribution < -0.4 is 5.73 Å². The SMILES string of the molecule is CCC(C)(CS(=O)[O-])C(N)=O. The van der Waals surface area contributed by atoms with Crippen molar-refractivity contribution >= 4 is 17.0 Å². The number of nitrogens with two attached hydrogens (primary N) is 1. The predicted octanol–water partition coefficient (Wildman–Crippen LogP) is -0.233. The van der Waals surface area contributed by atoms with E-state index in [1.54, 1.807) is 13.8 Å². The number of amides is 1. The molecule has 2 atom stereocenters. The molecule has 5 heteroatoms. The Labute approximate surface area is 68.4 Å². The first-order valence-corrected chi connectivity index (χ1v) is 4.52. The molecule has 0 aliphatic heterocycles. The second kappa shape index (κ2) is 3.82. The number of hydrogen-bond donors (Lipinski definition) is 1. The summed E-state index contributed by atoms with van der Waals surface area (Å²) in [7, 11) is 0. The summed E-state index contributed by atoms with van der Waals surface area (Å²) in [5.74, 6) is -0.761. The first-order chi connectivity index (χ1) is 4.92. The molecule has 2 unspecified atom stereocenters. The van der Waals surface area contributed by atoms with E-state index in [1.807, 2.05) is 0 Å². The number of carbonyl (C=O) groups is 1. The number of primary amides is 1. The third kappa shape index (κ3) is 2.98. The molecule has 0 aromatic carbocycles. The van der Waals surface area contributed by atoms with Crippen LogP contribution in [0.1, 0.15) is 20.3 Å². The van der Waals surface area contributed by atoms with E-state index < -0.39 is 22.4 Å². The molecular formula is C6H12NO3S-. The summed E-state index contributed by atoms with van der Waals surface area (Å²) < 4.78 is 20.5. The predicted molar refractivity (Wildman–Crippen MR) is 41.4 cm³/mol. The third-order valence-electron chi connectivity index (χ3n) is 1.81. The lowest BCUT2D eigenvalue weighted by Gasteiger charge is -2.24. The van der Waals surface area contributed by atoms with Crippen molar-refractivity contribution in [3.63, 3.8) is 0 Å². The highest BCUT2D eigenvalue weighted by atomic mass is 32.2. The van der Waals surface area contributed by atoms with Crippen LogP contribution in [0.3, 0.4) is 0 Å². The minimum Gasteiger partial charge on any atom is -0.772 e. The largest absolute Gasteiger partial charge is 0.772 e. The Hall–Kier alpha value is -0.420.